The van der Waals surface area contributed by atoms with Gasteiger partial charge < -0.3 is 15.7 Å². The number of allylic oxidation sites excluding steroid dienone is 2. The number of carbonyl (C=O) groups excluding carboxylic acids is 2. The largest absolute Gasteiger partial charge is 0.480 e. The fraction of sp³-hybridized carbons (Fsp3) is 0.811. The van der Waals surface area contributed by atoms with E-state index in [9.17, 15) is 19.5 Å². The Balaban J connectivity index is 1.34. The molecule has 0 aromatic heterocycles. The van der Waals surface area contributed by atoms with E-state index in [0.717, 1.165) is 55.3 Å². The summed E-state index contributed by atoms with van der Waals surface area (Å²) in [6.07, 6.45) is 18.7. The van der Waals surface area contributed by atoms with Crippen molar-refractivity contribution in [2.24, 2.45) is 52.3 Å². The molecule has 0 spiro atoms. The molecule has 4 rings (SSSR count). The van der Waals surface area contributed by atoms with Crippen LogP contribution in [0.5, 0.6) is 0 Å². The zero-order valence-corrected chi connectivity index (χ0v) is 27.8. The molecule has 6 nitrogen and oxygen atoms in total. The molecular weight excluding hydrogens is 536 g/mol. The molecule has 4 aliphatic rings. The molecule has 0 bridgehead atoms. The van der Waals surface area contributed by atoms with Crippen molar-refractivity contribution in [3.8, 4) is 0 Å². The predicted octanol–water partition coefficient (Wildman–Crippen LogP) is 7.69. The number of rotatable bonds is 14. The van der Waals surface area contributed by atoms with Gasteiger partial charge in [0.2, 0.25) is 11.8 Å². The summed E-state index contributed by atoms with van der Waals surface area (Å²) in [7, 11) is 0. The van der Waals surface area contributed by atoms with E-state index >= 15 is 0 Å². The maximum atomic E-state index is 13.3. The summed E-state index contributed by atoms with van der Waals surface area (Å²) in [5.41, 5.74) is 2.11. The van der Waals surface area contributed by atoms with E-state index in [2.05, 4.69) is 57.9 Å². The van der Waals surface area contributed by atoms with Crippen molar-refractivity contribution in [1.29, 1.82) is 0 Å². The summed E-state index contributed by atoms with van der Waals surface area (Å²) in [5.74, 6) is 3.28. The third-order valence-corrected chi connectivity index (χ3v) is 12.7. The molecule has 6 heteroatoms. The van der Waals surface area contributed by atoms with E-state index < -0.39 is 12.0 Å². The minimum absolute atomic E-state index is 0.112. The SMILES string of the molecule is C=CC(=O)NCCCC[C@@H](NC(=O)C1CCC2(C)C(=CCC3C2CCC2(C)C(C(C)CCCC(C)C)CCC32)C1)C(=O)O. The summed E-state index contributed by atoms with van der Waals surface area (Å²) in [5, 5.41) is 15.3. The van der Waals surface area contributed by atoms with E-state index in [4.69, 9.17) is 0 Å². The number of carboxylic acid groups (broad SMARTS) is 1. The van der Waals surface area contributed by atoms with Crippen molar-refractivity contribution >= 4 is 17.8 Å². The lowest BCUT2D eigenvalue weighted by Gasteiger charge is -2.58. The highest BCUT2D eigenvalue weighted by Gasteiger charge is 2.59. The van der Waals surface area contributed by atoms with Gasteiger partial charge in [0, 0.05) is 12.5 Å². The Morgan fingerprint density at radius 2 is 1.77 bits per heavy atom. The van der Waals surface area contributed by atoms with Gasteiger partial charge in [-0.2, -0.15) is 0 Å². The van der Waals surface area contributed by atoms with Gasteiger partial charge in [0.25, 0.3) is 0 Å². The predicted molar refractivity (Wildman–Crippen MR) is 173 cm³/mol. The second-order valence-corrected chi connectivity index (χ2v) is 15.6. The number of nitrogens with one attached hydrogen (secondary N) is 2. The van der Waals surface area contributed by atoms with E-state index in [0.29, 0.717) is 37.1 Å². The van der Waals surface area contributed by atoms with Crippen LogP contribution in [-0.4, -0.2) is 35.5 Å². The fourth-order valence-corrected chi connectivity index (χ4v) is 10.2. The first-order valence-corrected chi connectivity index (χ1v) is 17.5. The van der Waals surface area contributed by atoms with Gasteiger partial charge in [-0.1, -0.05) is 72.1 Å². The molecule has 3 saturated carbocycles. The van der Waals surface area contributed by atoms with Gasteiger partial charge in [-0.05, 0) is 123 Å². The molecule has 3 N–H and O–H groups in total. The molecule has 0 saturated heterocycles. The molecule has 0 aromatic rings. The Morgan fingerprint density at radius 3 is 2.47 bits per heavy atom. The van der Waals surface area contributed by atoms with E-state index in [-0.39, 0.29) is 23.1 Å². The number of carbonyl (C=O) groups is 3. The van der Waals surface area contributed by atoms with Crippen LogP contribution in [0.4, 0.5) is 0 Å². The third kappa shape index (κ3) is 7.41. The molecule has 43 heavy (non-hydrogen) atoms. The molecule has 0 aromatic carbocycles. The quantitative estimate of drug-likeness (QED) is 0.109. The van der Waals surface area contributed by atoms with Crippen LogP contribution < -0.4 is 10.6 Å². The van der Waals surface area contributed by atoms with Crippen molar-refractivity contribution in [2.45, 2.75) is 131 Å². The number of hydrogen-bond donors (Lipinski definition) is 3. The van der Waals surface area contributed by atoms with Crippen LogP contribution in [0.15, 0.2) is 24.3 Å². The van der Waals surface area contributed by atoms with Crippen molar-refractivity contribution in [1.82, 2.24) is 10.6 Å². The summed E-state index contributed by atoms with van der Waals surface area (Å²) in [6, 6.07) is -0.889. The first-order chi connectivity index (χ1) is 20.4. The number of aliphatic carboxylic acids is 1. The normalized spacial score (nSPS) is 34.7. The second kappa shape index (κ2) is 14.3. The van der Waals surface area contributed by atoms with Gasteiger partial charge in [-0.15, -0.1) is 0 Å². The lowest BCUT2D eigenvalue weighted by Crippen LogP contribution is -2.51. The molecule has 2 amide bonds. The summed E-state index contributed by atoms with van der Waals surface area (Å²) < 4.78 is 0. The van der Waals surface area contributed by atoms with Crippen LogP contribution in [0.2, 0.25) is 0 Å². The summed E-state index contributed by atoms with van der Waals surface area (Å²) >= 11 is 0. The third-order valence-electron chi connectivity index (χ3n) is 12.7. The van der Waals surface area contributed by atoms with Crippen molar-refractivity contribution < 1.29 is 19.5 Å². The maximum absolute atomic E-state index is 13.3. The molecule has 9 atom stereocenters. The van der Waals surface area contributed by atoms with Crippen LogP contribution in [0.3, 0.4) is 0 Å². The van der Waals surface area contributed by atoms with Gasteiger partial charge in [0.1, 0.15) is 6.04 Å². The van der Waals surface area contributed by atoms with Crippen LogP contribution in [0.25, 0.3) is 0 Å². The number of hydrogen-bond acceptors (Lipinski definition) is 3. The fourth-order valence-electron chi connectivity index (χ4n) is 10.2. The first kappa shape index (κ1) is 33.8. The van der Waals surface area contributed by atoms with Gasteiger partial charge in [0.15, 0.2) is 0 Å². The molecule has 242 valence electrons. The van der Waals surface area contributed by atoms with Gasteiger partial charge in [0.05, 0.1) is 0 Å². The van der Waals surface area contributed by atoms with Crippen molar-refractivity contribution in [3.05, 3.63) is 24.3 Å². The number of unbranched alkanes of at least 4 members (excludes halogenated alkanes) is 1. The van der Waals surface area contributed by atoms with Crippen molar-refractivity contribution in [2.75, 3.05) is 6.54 Å². The molecule has 4 aliphatic carbocycles. The lowest BCUT2D eigenvalue weighted by atomic mass is 9.46. The minimum atomic E-state index is -0.988. The van der Waals surface area contributed by atoms with Gasteiger partial charge >= 0.3 is 5.97 Å². The highest BCUT2D eigenvalue weighted by atomic mass is 16.4. The highest BCUT2D eigenvalue weighted by molar-refractivity contribution is 5.86. The smallest absolute Gasteiger partial charge is 0.326 e. The second-order valence-electron chi connectivity index (χ2n) is 15.6. The monoisotopic (exact) mass is 596 g/mol. The first-order valence-electron chi connectivity index (χ1n) is 17.5. The molecular formula is C37H60N2O4. The minimum Gasteiger partial charge on any atom is -0.480 e. The zero-order valence-electron chi connectivity index (χ0n) is 27.8. The zero-order chi connectivity index (χ0) is 31.4. The molecule has 0 heterocycles. The Morgan fingerprint density at radius 1 is 1.00 bits per heavy atom. The van der Waals surface area contributed by atoms with Crippen molar-refractivity contribution in [3.63, 3.8) is 0 Å². The molecule has 3 fully saturated rings. The standard InChI is InChI=1S/C37H60N2O4/c1-7-33(40)38-22-9-8-13-32(35(42)43)39-34(41)26-18-20-36(5)27(23-26)14-15-28-30-17-16-29(25(4)12-10-11-24(2)3)37(30,6)21-19-31(28)36/h7,14,24-26,28-32H,1,8-13,15-23H2,2-6H3,(H,38,40)(H,39,41)(H,42,43)/t25?,26?,28?,29?,30?,31?,32-,36?,37?/m1/s1. The maximum Gasteiger partial charge on any atom is 0.326 e. The Kier molecular flexibility index (Phi) is 11.3. The molecule has 0 aliphatic heterocycles. The summed E-state index contributed by atoms with van der Waals surface area (Å²) in [4.78, 5) is 36.6. The number of fused-ring (bicyclic) bond motifs is 5. The van der Waals surface area contributed by atoms with Crippen LogP contribution >= 0.6 is 0 Å². The number of amides is 2. The van der Waals surface area contributed by atoms with E-state index in [1.165, 1.54) is 56.6 Å². The van der Waals surface area contributed by atoms with Crippen LogP contribution in [0, 0.1) is 52.3 Å². The van der Waals surface area contributed by atoms with E-state index in [1.807, 2.05) is 0 Å². The van der Waals surface area contributed by atoms with Crippen LogP contribution in [-0.2, 0) is 14.4 Å². The lowest BCUT2D eigenvalue weighted by molar-refractivity contribution is -0.143. The Hall–Kier alpha value is -2.11. The van der Waals surface area contributed by atoms with Crippen LogP contribution in [0.1, 0.15) is 125 Å². The Bertz CT molecular complexity index is 1050. The van der Waals surface area contributed by atoms with Gasteiger partial charge in [-0.25, -0.2) is 4.79 Å². The van der Waals surface area contributed by atoms with Gasteiger partial charge in [-0.3, -0.25) is 9.59 Å². The summed E-state index contributed by atoms with van der Waals surface area (Å²) in [6.45, 7) is 16.3. The molecule has 8 unspecified atom stereocenters. The highest BCUT2D eigenvalue weighted by Crippen LogP contribution is 2.67. The molecule has 0 radical (unpaired) electrons. The Labute approximate surface area is 261 Å². The average molecular weight is 597 g/mol. The topological polar surface area (TPSA) is 95.5 Å². The van der Waals surface area contributed by atoms with E-state index in [1.54, 1.807) is 0 Å². The average Bonchev–Trinajstić information content (AvgIpc) is 3.32. The number of carboxylic acids is 1.